The van der Waals surface area contributed by atoms with Crippen molar-refractivity contribution in [3.8, 4) is 17.1 Å². The van der Waals surface area contributed by atoms with Crippen molar-refractivity contribution in [3.63, 3.8) is 0 Å². The maximum atomic E-state index is 12.6. The molecule has 5 rings (SSSR count). The Morgan fingerprint density at radius 1 is 1.09 bits per heavy atom. The predicted octanol–water partition coefficient (Wildman–Crippen LogP) is 3.23. The molecule has 4 heterocycles. The summed E-state index contributed by atoms with van der Waals surface area (Å²) in [5.41, 5.74) is 1.60. The van der Waals surface area contributed by atoms with Crippen molar-refractivity contribution in [2.75, 3.05) is 25.1 Å². The fraction of sp³-hybridized carbons (Fsp3) is 0.333. The van der Waals surface area contributed by atoms with Crippen molar-refractivity contribution < 1.29 is 13.9 Å². The normalized spacial score (nSPS) is 14.5. The first kappa shape index (κ1) is 21.0. The van der Waals surface area contributed by atoms with Gasteiger partial charge < -0.3 is 19.4 Å². The van der Waals surface area contributed by atoms with Crippen LogP contribution in [0.15, 0.2) is 52.9 Å². The van der Waals surface area contributed by atoms with Crippen molar-refractivity contribution in [1.29, 1.82) is 0 Å². The lowest BCUT2D eigenvalue weighted by Crippen LogP contribution is -2.40. The number of aromatic nitrogens is 4. The number of carbonyl (C=O) groups is 1. The maximum Gasteiger partial charge on any atom is 0.223 e. The third-order valence-corrected chi connectivity index (χ3v) is 6.02. The molecule has 1 aliphatic heterocycles. The topological polar surface area (TPSA) is 97.8 Å². The van der Waals surface area contributed by atoms with E-state index in [1.807, 2.05) is 55.5 Å². The molecule has 0 atom stereocenters. The quantitative estimate of drug-likeness (QED) is 0.486. The summed E-state index contributed by atoms with van der Waals surface area (Å²) in [7, 11) is 1.64. The molecule has 0 radical (unpaired) electrons. The lowest BCUT2D eigenvalue weighted by molar-refractivity contribution is -0.125. The molecule has 0 spiro atoms. The standard InChI is InChI=1S/C24H26N6O3/c1-16-3-6-20(33-16)15-25-24(31)18-11-13-29(14-12-18)22-10-9-21-26-27-23(30(21)28-22)17-4-7-19(32-2)8-5-17/h3-10,18H,11-15H2,1-2H3,(H,25,31). The molecule has 33 heavy (non-hydrogen) atoms. The van der Waals surface area contributed by atoms with Crippen LogP contribution in [0, 0.1) is 12.8 Å². The molecule has 1 aromatic carbocycles. The largest absolute Gasteiger partial charge is 0.497 e. The lowest BCUT2D eigenvalue weighted by atomic mass is 9.96. The summed E-state index contributed by atoms with van der Waals surface area (Å²) in [4.78, 5) is 14.8. The van der Waals surface area contributed by atoms with Gasteiger partial charge in [-0.25, -0.2) is 0 Å². The maximum absolute atomic E-state index is 12.6. The van der Waals surface area contributed by atoms with Crippen molar-refractivity contribution in [2.24, 2.45) is 5.92 Å². The number of fused-ring (bicyclic) bond motifs is 1. The molecule has 9 nitrogen and oxygen atoms in total. The van der Waals surface area contributed by atoms with Crippen LogP contribution in [0.5, 0.6) is 5.75 Å². The zero-order valence-corrected chi connectivity index (χ0v) is 18.7. The Kier molecular flexibility index (Phi) is 5.68. The molecule has 9 heteroatoms. The first-order valence-electron chi connectivity index (χ1n) is 11.1. The van der Waals surface area contributed by atoms with E-state index in [-0.39, 0.29) is 11.8 Å². The molecule has 1 amide bonds. The van der Waals surface area contributed by atoms with Gasteiger partial charge in [-0.3, -0.25) is 4.79 Å². The first-order chi connectivity index (χ1) is 16.1. The van der Waals surface area contributed by atoms with Gasteiger partial charge in [0.1, 0.15) is 23.1 Å². The number of methoxy groups -OCH3 is 1. The van der Waals surface area contributed by atoms with Crippen LogP contribution in [0.25, 0.3) is 17.0 Å². The number of nitrogens with one attached hydrogen (secondary N) is 1. The number of nitrogens with zero attached hydrogens (tertiary/aromatic N) is 5. The number of ether oxygens (including phenoxy) is 1. The highest BCUT2D eigenvalue weighted by molar-refractivity contribution is 5.78. The number of carbonyl (C=O) groups excluding carboxylic acids is 1. The molecule has 3 aromatic heterocycles. The Hall–Kier alpha value is -3.88. The number of anilines is 1. The molecule has 0 bridgehead atoms. The summed E-state index contributed by atoms with van der Waals surface area (Å²) in [5, 5.41) is 16.4. The SMILES string of the molecule is COc1ccc(-c2nnc3ccc(N4CCC(C(=O)NCc5ccc(C)o5)CC4)nn23)cc1. The van der Waals surface area contributed by atoms with E-state index in [4.69, 9.17) is 14.3 Å². The van der Waals surface area contributed by atoms with E-state index < -0.39 is 0 Å². The molecule has 1 aliphatic rings. The van der Waals surface area contributed by atoms with Gasteiger partial charge in [0.05, 0.1) is 13.7 Å². The number of hydrogen-bond donors (Lipinski definition) is 1. The Balaban J connectivity index is 1.25. The Bertz CT molecular complexity index is 1250. The number of aryl methyl sites for hydroxylation is 1. The highest BCUT2D eigenvalue weighted by Crippen LogP contribution is 2.25. The van der Waals surface area contributed by atoms with Gasteiger partial charge in [0.25, 0.3) is 0 Å². The van der Waals surface area contributed by atoms with Gasteiger partial charge in [0.15, 0.2) is 11.5 Å². The highest BCUT2D eigenvalue weighted by atomic mass is 16.5. The number of benzene rings is 1. The summed E-state index contributed by atoms with van der Waals surface area (Å²) >= 11 is 0. The van der Waals surface area contributed by atoms with Crippen LogP contribution >= 0.6 is 0 Å². The lowest BCUT2D eigenvalue weighted by Gasteiger charge is -2.32. The van der Waals surface area contributed by atoms with Gasteiger partial charge in [0, 0.05) is 24.6 Å². The van der Waals surface area contributed by atoms with E-state index in [1.165, 1.54) is 0 Å². The summed E-state index contributed by atoms with van der Waals surface area (Å²) in [6.07, 6.45) is 1.55. The fourth-order valence-corrected chi connectivity index (χ4v) is 4.14. The van der Waals surface area contributed by atoms with E-state index in [2.05, 4.69) is 20.4 Å². The molecular weight excluding hydrogens is 420 g/mol. The Morgan fingerprint density at radius 3 is 2.58 bits per heavy atom. The zero-order valence-electron chi connectivity index (χ0n) is 18.7. The van der Waals surface area contributed by atoms with Crippen molar-refractivity contribution in [1.82, 2.24) is 25.1 Å². The zero-order chi connectivity index (χ0) is 22.8. The number of hydrogen-bond acceptors (Lipinski definition) is 7. The summed E-state index contributed by atoms with van der Waals surface area (Å²) in [5.74, 6) is 4.00. The summed E-state index contributed by atoms with van der Waals surface area (Å²) < 4.78 is 12.5. The van der Waals surface area contributed by atoms with E-state index in [1.54, 1.807) is 11.6 Å². The van der Waals surface area contributed by atoms with Gasteiger partial charge >= 0.3 is 0 Å². The monoisotopic (exact) mass is 446 g/mol. The van der Waals surface area contributed by atoms with Crippen LogP contribution in [-0.2, 0) is 11.3 Å². The number of amides is 1. The summed E-state index contributed by atoms with van der Waals surface area (Å²) in [6, 6.07) is 15.3. The molecule has 4 aromatic rings. The van der Waals surface area contributed by atoms with Gasteiger partial charge in [-0.2, -0.15) is 4.52 Å². The van der Waals surface area contributed by atoms with Gasteiger partial charge in [-0.15, -0.1) is 15.3 Å². The minimum absolute atomic E-state index is 0.00851. The van der Waals surface area contributed by atoms with E-state index >= 15 is 0 Å². The molecule has 1 fully saturated rings. The Labute approximate surface area is 191 Å². The third kappa shape index (κ3) is 4.39. The summed E-state index contributed by atoms with van der Waals surface area (Å²) in [6.45, 7) is 3.84. The predicted molar refractivity (Wildman–Crippen MR) is 123 cm³/mol. The van der Waals surface area contributed by atoms with E-state index in [0.29, 0.717) is 18.0 Å². The molecule has 170 valence electrons. The van der Waals surface area contributed by atoms with Crippen molar-refractivity contribution in [2.45, 2.75) is 26.3 Å². The first-order valence-corrected chi connectivity index (χ1v) is 11.1. The van der Waals surface area contributed by atoms with Crippen LogP contribution in [0.3, 0.4) is 0 Å². The number of rotatable bonds is 6. The average Bonchev–Trinajstić information content (AvgIpc) is 3.48. The molecule has 1 N–H and O–H groups in total. The fourth-order valence-electron chi connectivity index (χ4n) is 4.14. The van der Waals surface area contributed by atoms with Crippen LogP contribution in [-0.4, -0.2) is 45.9 Å². The smallest absolute Gasteiger partial charge is 0.223 e. The molecule has 0 unspecified atom stereocenters. The molecule has 1 saturated heterocycles. The molecular formula is C24H26N6O3. The molecule has 0 saturated carbocycles. The van der Waals surface area contributed by atoms with Crippen molar-refractivity contribution in [3.05, 3.63) is 60.1 Å². The van der Waals surface area contributed by atoms with Gasteiger partial charge in [-0.1, -0.05) is 0 Å². The average molecular weight is 447 g/mol. The number of piperidine rings is 1. The van der Waals surface area contributed by atoms with Gasteiger partial charge in [0.2, 0.25) is 5.91 Å². The van der Waals surface area contributed by atoms with Crippen LogP contribution < -0.4 is 15.0 Å². The van der Waals surface area contributed by atoms with Crippen LogP contribution in [0.4, 0.5) is 5.82 Å². The van der Waals surface area contributed by atoms with Gasteiger partial charge in [-0.05, 0) is 68.3 Å². The minimum atomic E-state index is -0.00851. The second kappa shape index (κ2) is 8.93. The third-order valence-electron chi connectivity index (χ3n) is 6.02. The number of furan rings is 1. The Morgan fingerprint density at radius 2 is 1.88 bits per heavy atom. The van der Waals surface area contributed by atoms with Crippen LogP contribution in [0.1, 0.15) is 24.4 Å². The minimum Gasteiger partial charge on any atom is -0.497 e. The second-order valence-electron chi connectivity index (χ2n) is 8.21. The van der Waals surface area contributed by atoms with E-state index in [9.17, 15) is 4.79 Å². The van der Waals surface area contributed by atoms with Crippen molar-refractivity contribution >= 4 is 17.4 Å². The molecule has 0 aliphatic carbocycles. The van der Waals surface area contributed by atoms with Crippen LogP contribution in [0.2, 0.25) is 0 Å². The highest BCUT2D eigenvalue weighted by Gasteiger charge is 2.26. The van der Waals surface area contributed by atoms with E-state index in [0.717, 1.165) is 54.6 Å². The second-order valence-corrected chi connectivity index (χ2v) is 8.21.